The number of para-hydroxylation sites is 1. The predicted molar refractivity (Wildman–Crippen MR) is 122 cm³/mol. The zero-order chi connectivity index (χ0) is 22.0. The molecule has 1 aromatic heterocycles. The highest BCUT2D eigenvalue weighted by Gasteiger charge is 2.25. The van der Waals surface area contributed by atoms with Crippen molar-refractivity contribution < 1.29 is 19.2 Å². The van der Waals surface area contributed by atoms with Crippen LogP contribution in [0, 0.1) is 6.92 Å². The Balaban J connectivity index is 1.41. The number of halogens is 1. The fourth-order valence-corrected chi connectivity index (χ4v) is 4.27. The van der Waals surface area contributed by atoms with E-state index in [-0.39, 0.29) is 11.6 Å². The lowest BCUT2D eigenvalue weighted by molar-refractivity contribution is -0.892. The number of hydrogen-bond acceptors (Lipinski definition) is 4. The van der Waals surface area contributed by atoms with Gasteiger partial charge in [-0.05, 0) is 30.7 Å². The van der Waals surface area contributed by atoms with Crippen molar-refractivity contribution >= 4 is 45.8 Å². The van der Waals surface area contributed by atoms with Gasteiger partial charge in [-0.25, -0.2) is 4.79 Å². The number of esters is 1. The Morgan fingerprint density at radius 1 is 1.19 bits per heavy atom. The summed E-state index contributed by atoms with van der Waals surface area (Å²) in [4.78, 5) is 31.5. The van der Waals surface area contributed by atoms with Gasteiger partial charge in [0.1, 0.15) is 5.69 Å². The van der Waals surface area contributed by atoms with Crippen LogP contribution in [-0.2, 0) is 9.53 Å². The molecule has 0 radical (unpaired) electrons. The van der Waals surface area contributed by atoms with E-state index < -0.39 is 5.97 Å². The van der Waals surface area contributed by atoms with E-state index in [1.807, 2.05) is 42.5 Å². The van der Waals surface area contributed by atoms with E-state index in [9.17, 15) is 9.59 Å². The molecule has 2 aromatic carbocycles. The number of H-pyrrole nitrogens is 1. The van der Waals surface area contributed by atoms with E-state index in [0.717, 1.165) is 47.8 Å². The van der Waals surface area contributed by atoms with Crippen molar-refractivity contribution in [2.24, 2.45) is 0 Å². The fraction of sp³-hybridized carbons (Fsp3) is 0.304. The first-order valence-electron chi connectivity index (χ1n) is 10.3. The smallest absolute Gasteiger partial charge is 0.356 e. The number of ether oxygens (including phenoxy) is 1. The number of aromatic nitrogens is 1. The van der Waals surface area contributed by atoms with Gasteiger partial charge in [0, 0.05) is 21.6 Å². The molecule has 0 bridgehead atoms. The summed E-state index contributed by atoms with van der Waals surface area (Å²) in [5.74, 6) is -0.637. The Kier molecular flexibility index (Phi) is 6.15. The lowest BCUT2D eigenvalue weighted by Crippen LogP contribution is -3.15. The zero-order valence-electron chi connectivity index (χ0n) is 17.6. The van der Waals surface area contributed by atoms with Gasteiger partial charge in [0.25, 0.3) is 5.91 Å². The van der Waals surface area contributed by atoms with Crippen LogP contribution >= 0.6 is 11.6 Å². The number of methoxy groups -OCH3 is 1. The van der Waals surface area contributed by atoms with Crippen LogP contribution in [0.15, 0.2) is 42.5 Å². The minimum absolute atomic E-state index is 0.128. The molecule has 0 spiro atoms. The number of piperazine rings is 1. The molecule has 2 heterocycles. The Hall–Kier alpha value is -3.03. The number of anilines is 2. The summed E-state index contributed by atoms with van der Waals surface area (Å²) in [5, 5.41) is 4.45. The Bertz CT molecular complexity index is 1120. The summed E-state index contributed by atoms with van der Waals surface area (Å²) >= 11 is 6.17. The number of nitrogens with one attached hydrogen (secondary N) is 3. The largest absolute Gasteiger partial charge is 0.464 e. The molecule has 0 aliphatic carbocycles. The van der Waals surface area contributed by atoms with Crippen molar-refractivity contribution in [3.05, 3.63) is 58.7 Å². The number of aromatic amines is 1. The van der Waals surface area contributed by atoms with Crippen LogP contribution in [0.5, 0.6) is 0 Å². The van der Waals surface area contributed by atoms with E-state index in [0.29, 0.717) is 12.2 Å². The molecule has 0 saturated carbocycles. The van der Waals surface area contributed by atoms with Gasteiger partial charge in [0.05, 0.1) is 39.0 Å². The van der Waals surface area contributed by atoms with Crippen molar-refractivity contribution in [1.82, 2.24) is 4.98 Å². The van der Waals surface area contributed by atoms with Gasteiger partial charge in [0.15, 0.2) is 6.54 Å². The van der Waals surface area contributed by atoms with E-state index in [1.54, 1.807) is 0 Å². The van der Waals surface area contributed by atoms with Crippen molar-refractivity contribution in [3.8, 4) is 0 Å². The van der Waals surface area contributed by atoms with Crippen molar-refractivity contribution in [2.75, 3.05) is 50.1 Å². The molecule has 1 aliphatic rings. The number of benzene rings is 2. The van der Waals surface area contributed by atoms with Crippen LogP contribution in [0.2, 0.25) is 5.02 Å². The monoisotopic (exact) mass is 441 g/mol. The van der Waals surface area contributed by atoms with Gasteiger partial charge >= 0.3 is 5.97 Å². The summed E-state index contributed by atoms with van der Waals surface area (Å²) in [7, 11) is 1.32. The van der Waals surface area contributed by atoms with Crippen LogP contribution in [0.1, 0.15) is 16.1 Å². The first kappa shape index (κ1) is 21.2. The van der Waals surface area contributed by atoms with Gasteiger partial charge in [-0.15, -0.1) is 0 Å². The molecule has 3 N–H and O–H groups in total. The lowest BCUT2D eigenvalue weighted by atomic mass is 10.1. The normalized spacial score (nSPS) is 14.6. The van der Waals surface area contributed by atoms with Crippen molar-refractivity contribution in [1.29, 1.82) is 0 Å². The zero-order valence-corrected chi connectivity index (χ0v) is 18.4. The number of carbonyl (C=O) groups is 2. The van der Waals surface area contributed by atoms with Gasteiger partial charge in [-0.1, -0.05) is 35.9 Å². The average molecular weight is 442 g/mol. The summed E-state index contributed by atoms with van der Waals surface area (Å²) in [5.41, 5.74) is 3.85. The van der Waals surface area contributed by atoms with E-state index in [2.05, 4.69) is 22.1 Å². The summed E-state index contributed by atoms with van der Waals surface area (Å²) in [6.45, 7) is 5.81. The number of hydrogen-bond donors (Lipinski definition) is 3. The van der Waals surface area contributed by atoms with Crippen LogP contribution < -0.4 is 15.1 Å². The molecule has 162 valence electrons. The Morgan fingerprint density at radius 3 is 2.68 bits per heavy atom. The van der Waals surface area contributed by atoms with Gasteiger partial charge in [-0.2, -0.15) is 0 Å². The quantitative estimate of drug-likeness (QED) is 0.531. The number of fused-ring (bicyclic) bond motifs is 1. The third-order valence-corrected chi connectivity index (χ3v) is 5.99. The van der Waals surface area contributed by atoms with E-state index in [4.69, 9.17) is 16.3 Å². The number of amides is 1. The van der Waals surface area contributed by atoms with Crippen molar-refractivity contribution in [2.45, 2.75) is 6.92 Å². The molecule has 31 heavy (non-hydrogen) atoms. The van der Waals surface area contributed by atoms with Gasteiger partial charge in [0.2, 0.25) is 0 Å². The molecule has 0 unspecified atom stereocenters. The molecule has 8 heteroatoms. The third-order valence-electron chi connectivity index (χ3n) is 5.75. The van der Waals surface area contributed by atoms with Crippen LogP contribution in [0.3, 0.4) is 0 Å². The third kappa shape index (κ3) is 4.52. The Morgan fingerprint density at radius 2 is 1.94 bits per heavy atom. The molecule has 1 aliphatic heterocycles. The average Bonchev–Trinajstić information content (AvgIpc) is 3.14. The first-order chi connectivity index (χ1) is 15.0. The molecule has 4 rings (SSSR count). The van der Waals surface area contributed by atoms with Gasteiger partial charge in [-0.3, -0.25) is 4.79 Å². The topological polar surface area (TPSA) is 78.9 Å². The molecule has 0 atom stereocenters. The lowest BCUT2D eigenvalue weighted by Gasteiger charge is -2.34. The highest BCUT2D eigenvalue weighted by Crippen LogP contribution is 2.28. The molecule has 7 nitrogen and oxygen atoms in total. The molecular formula is C23H26ClN4O3+. The highest BCUT2D eigenvalue weighted by molar-refractivity contribution is 6.30. The standard InChI is InChI=1S/C23H25ClN4O3/c1-15-7-8-16(24)13-19(15)28-11-9-27(10-12-28)14-20(29)26-21-17-5-3-4-6-18(17)25-22(21)23(30)31-2/h3-8,13,25H,9-12,14H2,1-2H3,(H,26,29)/p+1. The van der Waals surface area contributed by atoms with E-state index >= 15 is 0 Å². The maximum absolute atomic E-state index is 12.8. The highest BCUT2D eigenvalue weighted by atomic mass is 35.5. The summed E-state index contributed by atoms with van der Waals surface area (Å²) < 4.78 is 4.87. The van der Waals surface area contributed by atoms with Gasteiger partial charge < -0.3 is 24.8 Å². The first-order valence-corrected chi connectivity index (χ1v) is 10.7. The SMILES string of the molecule is COC(=O)c1[nH]c2ccccc2c1NC(=O)C[NH+]1CCN(c2cc(Cl)ccc2C)CC1. The summed E-state index contributed by atoms with van der Waals surface area (Å²) in [6.07, 6.45) is 0. The molecule has 3 aromatic rings. The minimum atomic E-state index is -0.510. The van der Waals surface area contributed by atoms with Crippen LogP contribution in [0.25, 0.3) is 10.9 Å². The molecule has 1 amide bonds. The number of carbonyl (C=O) groups excluding carboxylic acids is 2. The maximum atomic E-state index is 12.8. The van der Waals surface area contributed by atoms with Crippen LogP contribution in [-0.4, -0.2) is 56.7 Å². The second-order valence-corrected chi connectivity index (χ2v) is 8.24. The summed E-state index contributed by atoms with van der Waals surface area (Å²) in [6, 6.07) is 13.4. The van der Waals surface area contributed by atoms with Crippen molar-refractivity contribution in [3.63, 3.8) is 0 Å². The Labute approximate surface area is 185 Å². The molecular weight excluding hydrogens is 416 g/mol. The second kappa shape index (κ2) is 8.99. The minimum Gasteiger partial charge on any atom is -0.464 e. The van der Waals surface area contributed by atoms with Crippen LogP contribution in [0.4, 0.5) is 11.4 Å². The van der Waals surface area contributed by atoms with E-state index in [1.165, 1.54) is 17.6 Å². The number of nitrogens with zero attached hydrogens (tertiary/aromatic N) is 1. The predicted octanol–water partition coefficient (Wildman–Crippen LogP) is 2.26. The number of quaternary nitrogens is 1. The second-order valence-electron chi connectivity index (χ2n) is 7.80. The molecule has 1 fully saturated rings. The fourth-order valence-electron chi connectivity index (χ4n) is 4.10. The number of aryl methyl sites for hydroxylation is 1. The number of rotatable bonds is 5. The maximum Gasteiger partial charge on any atom is 0.356 e. The molecule has 1 saturated heterocycles.